The van der Waals surface area contributed by atoms with Crippen LogP contribution in [0.15, 0.2) is 65.8 Å². The van der Waals surface area contributed by atoms with Crippen LogP contribution in [0.2, 0.25) is 0 Å². The van der Waals surface area contributed by atoms with Gasteiger partial charge in [-0.2, -0.15) is 5.10 Å². The number of anilines is 1. The molecule has 9 heteroatoms. The number of carbonyl (C=O) groups is 1. The SMILES string of the molecule is CN(C)S(=O)(=O)c1ccc(N2CCCC2)c(C(=O)OCc2ccc(-n3cccn3)cc2)c1. The predicted molar refractivity (Wildman–Crippen MR) is 121 cm³/mol. The molecule has 0 radical (unpaired) electrons. The number of sulfonamides is 1. The number of nitrogens with zero attached hydrogens (tertiary/aromatic N) is 4. The Balaban J connectivity index is 1.55. The molecule has 2 aromatic carbocycles. The van der Waals surface area contributed by atoms with Crippen molar-refractivity contribution in [1.29, 1.82) is 0 Å². The van der Waals surface area contributed by atoms with Gasteiger partial charge in [-0.05, 0) is 54.8 Å². The van der Waals surface area contributed by atoms with E-state index in [1.54, 1.807) is 23.0 Å². The highest BCUT2D eigenvalue weighted by molar-refractivity contribution is 7.89. The molecule has 3 aromatic rings. The Kier molecular flexibility index (Phi) is 6.29. The zero-order valence-electron chi connectivity index (χ0n) is 18.1. The highest BCUT2D eigenvalue weighted by Gasteiger charge is 2.25. The molecule has 8 nitrogen and oxygen atoms in total. The lowest BCUT2D eigenvalue weighted by Crippen LogP contribution is -2.24. The van der Waals surface area contributed by atoms with Crippen molar-refractivity contribution in [2.45, 2.75) is 24.3 Å². The molecule has 1 fully saturated rings. The summed E-state index contributed by atoms with van der Waals surface area (Å²) in [5.41, 5.74) is 2.71. The first-order chi connectivity index (χ1) is 15.4. The zero-order chi connectivity index (χ0) is 22.7. The number of esters is 1. The van der Waals surface area contributed by atoms with E-state index in [0.717, 1.165) is 41.5 Å². The monoisotopic (exact) mass is 454 g/mol. The Morgan fingerprint density at radius 1 is 1.09 bits per heavy atom. The lowest BCUT2D eigenvalue weighted by molar-refractivity contribution is 0.0473. The summed E-state index contributed by atoms with van der Waals surface area (Å²) in [6.45, 7) is 1.74. The van der Waals surface area contributed by atoms with Gasteiger partial charge in [0.15, 0.2) is 0 Å². The number of carbonyl (C=O) groups excluding carboxylic acids is 1. The van der Waals surface area contributed by atoms with Gasteiger partial charge in [0.2, 0.25) is 10.0 Å². The number of hydrogen-bond donors (Lipinski definition) is 0. The van der Waals surface area contributed by atoms with Gasteiger partial charge in [-0.3, -0.25) is 0 Å². The number of hydrogen-bond acceptors (Lipinski definition) is 6. The summed E-state index contributed by atoms with van der Waals surface area (Å²) in [6, 6.07) is 14.1. The highest BCUT2D eigenvalue weighted by Crippen LogP contribution is 2.29. The van der Waals surface area contributed by atoms with E-state index in [-0.39, 0.29) is 17.1 Å². The molecular formula is C23H26N4O4S. The molecule has 0 atom stereocenters. The minimum absolute atomic E-state index is 0.0703. The average Bonchev–Trinajstić information content (AvgIpc) is 3.52. The van der Waals surface area contributed by atoms with E-state index in [2.05, 4.69) is 10.00 Å². The van der Waals surface area contributed by atoms with E-state index in [0.29, 0.717) is 5.69 Å². The number of rotatable bonds is 7. The Hall–Kier alpha value is -3.17. The van der Waals surface area contributed by atoms with Crippen LogP contribution in [0, 0.1) is 0 Å². The van der Waals surface area contributed by atoms with Crippen LogP contribution in [-0.2, 0) is 21.4 Å². The van der Waals surface area contributed by atoms with Crippen molar-refractivity contribution in [3.8, 4) is 5.69 Å². The molecule has 0 unspecified atom stereocenters. The summed E-state index contributed by atoms with van der Waals surface area (Å²) in [5.74, 6) is -0.543. The van der Waals surface area contributed by atoms with Crippen LogP contribution in [0.4, 0.5) is 5.69 Å². The van der Waals surface area contributed by atoms with Gasteiger partial charge < -0.3 is 9.64 Å². The van der Waals surface area contributed by atoms with Gasteiger partial charge in [-0.1, -0.05) is 12.1 Å². The fourth-order valence-electron chi connectivity index (χ4n) is 3.68. The topological polar surface area (TPSA) is 84.7 Å². The summed E-state index contributed by atoms with van der Waals surface area (Å²) in [5, 5.41) is 4.19. The van der Waals surface area contributed by atoms with Crippen molar-refractivity contribution < 1.29 is 17.9 Å². The zero-order valence-corrected chi connectivity index (χ0v) is 19.0. The maximum Gasteiger partial charge on any atom is 0.340 e. The van der Waals surface area contributed by atoms with E-state index in [9.17, 15) is 13.2 Å². The van der Waals surface area contributed by atoms with E-state index >= 15 is 0 Å². The molecule has 1 saturated heterocycles. The third-order valence-corrected chi connectivity index (χ3v) is 7.30. The van der Waals surface area contributed by atoms with Crippen LogP contribution in [0.3, 0.4) is 0 Å². The van der Waals surface area contributed by atoms with Gasteiger partial charge in [0, 0.05) is 39.6 Å². The lowest BCUT2D eigenvalue weighted by atomic mass is 10.1. The van der Waals surface area contributed by atoms with Crippen LogP contribution >= 0.6 is 0 Å². The molecule has 0 aliphatic carbocycles. The van der Waals surface area contributed by atoms with Crippen LogP contribution in [0.1, 0.15) is 28.8 Å². The first kappa shape index (κ1) is 22.0. The predicted octanol–water partition coefficient (Wildman–Crippen LogP) is 3.08. The largest absolute Gasteiger partial charge is 0.457 e. The van der Waals surface area contributed by atoms with Gasteiger partial charge in [0.1, 0.15) is 6.61 Å². The Morgan fingerprint density at radius 2 is 1.81 bits per heavy atom. The van der Waals surface area contributed by atoms with E-state index in [1.165, 1.54) is 20.2 Å². The van der Waals surface area contributed by atoms with Crippen molar-refractivity contribution in [3.05, 3.63) is 72.1 Å². The minimum atomic E-state index is -3.67. The van der Waals surface area contributed by atoms with Crippen LogP contribution in [-0.4, -0.2) is 55.7 Å². The van der Waals surface area contributed by atoms with Gasteiger partial charge in [0.25, 0.3) is 0 Å². The molecule has 2 heterocycles. The second-order valence-electron chi connectivity index (χ2n) is 7.85. The first-order valence-corrected chi connectivity index (χ1v) is 11.9. The molecule has 0 spiro atoms. The van der Waals surface area contributed by atoms with Gasteiger partial charge in [-0.15, -0.1) is 0 Å². The Bertz CT molecular complexity index is 1180. The Morgan fingerprint density at radius 3 is 2.44 bits per heavy atom. The second-order valence-corrected chi connectivity index (χ2v) is 10.0. The highest BCUT2D eigenvalue weighted by atomic mass is 32.2. The molecule has 0 bridgehead atoms. The lowest BCUT2D eigenvalue weighted by Gasteiger charge is -2.22. The van der Waals surface area contributed by atoms with Crippen LogP contribution in [0.25, 0.3) is 5.69 Å². The van der Waals surface area contributed by atoms with Gasteiger partial charge in [-0.25, -0.2) is 22.2 Å². The minimum Gasteiger partial charge on any atom is -0.457 e. The summed E-state index contributed by atoms with van der Waals surface area (Å²) >= 11 is 0. The van der Waals surface area contributed by atoms with E-state index in [1.807, 2.05) is 36.5 Å². The standard InChI is InChI=1S/C23H26N4O4S/c1-25(2)32(29,30)20-10-11-22(26-13-3-4-14-26)21(16-20)23(28)31-17-18-6-8-19(9-7-18)27-15-5-12-24-27/h5-12,15-16H,3-4,13-14,17H2,1-2H3. The molecular weight excluding hydrogens is 428 g/mol. The average molecular weight is 455 g/mol. The second kappa shape index (κ2) is 9.13. The first-order valence-electron chi connectivity index (χ1n) is 10.4. The van der Waals surface area contributed by atoms with Crippen LogP contribution in [0.5, 0.6) is 0 Å². The van der Waals surface area contributed by atoms with E-state index < -0.39 is 16.0 Å². The quantitative estimate of drug-likeness (QED) is 0.510. The third-order valence-electron chi connectivity index (χ3n) is 5.49. The maximum atomic E-state index is 13.0. The molecule has 0 N–H and O–H groups in total. The maximum absolute atomic E-state index is 13.0. The molecule has 1 aliphatic rings. The van der Waals surface area contributed by atoms with Crippen molar-refractivity contribution >= 4 is 21.7 Å². The van der Waals surface area contributed by atoms with Gasteiger partial charge >= 0.3 is 5.97 Å². The van der Waals surface area contributed by atoms with Crippen molar-refractivity contribution in [3.63, 3.8) is 0 Å². The third kappa shape index (κ3) is 4.53. The molecule has 0 saturated carbocycles. The Labute approximate surface area is 188 Å². The summed E-state index contributed by atoms with van der Waals surface area (Å²) in [4.78, 5) is 15.2. The van der Waals surface area contributed by atoms with Crippen molar-refractivity contribution in [2.75, 3.05) is 32.1 Å². The number of benzene rings is 2. The van der Waals surface area contributed by atoms with E-state index in [4.69, 9.17) is 4.74 Å². The molecule has 168 valence electrons. The summed E-state index contributed by atoms with van der Waals surface area (Å²) in [6.07, 6.45) is 5.63. The summed E-state index contributed by atoms with van der Waals surface area (Å²) in [7, 11) is -0.734. The normalized spacial score (nSPS) is 14.2. The van der Waals surface area contributed by atoms with Gasteiger partial charge in [0.05, 0.1) is 21.8 Å². The smallest absolute Gasteiger partial charge is 0.340 e. The molecule has 1 aliphatic heterocycles. The molecule has 4 rings (SSSR count). The number of ether oxygens (including phenoxy) is 1. The fraction of sp³-hybridized carbons (Fsp3) is 0.304. The summed E-state index contributed by atoms with van der Waals surface area (Å²) < 4.78 is 33.7. The fourth-order valence-corrected chi connectivity index (χ4v) is 4.61. The number of aromatic nitrogens is 2. The molecule has 1 aromatic heterocycles. The van der Waals surface area contributed by atoms with Crippen LogP contribution < -0.4 is 4.90 Å². The molecule has 32 heavy (non-hydrogen) atoms. The van der Waals surface area contributed by atoms with Crippen molar-refractivity contribution in [1.82, 2.24) is 14.1 Å². The van der Waals surface area contributed by atoms with Crippen molar-refractivity contribution in [2.24, 2.45) is 0 Å². The molecule has 0 amide bonds.